The monoisotopic (exact) mass is 304 g/mol. The van der Waals surface area contributed by atoms with Crippen LogP contribution in [0.5, 0.6) is 0 Å². The Morgan fingerprint density at radius 1 is 1.29 bits per heavy atom. The molecule has 2 aromatic rings. The molecular formula is C16H24N4S. The highest BCUT2D eigenvalue weighted by Crippen LogP contribution is 2.33. The van der Waals surface area contributed by atoms with Gasteiger partial charge in [-0.3, -0.25) is 0 Å². The van der Waals surface area contributed by atoms with Gasteiger partial charge in [-0.1, -0.05) is 13.8 Å². The normalized spacial score (nSPS) is 20.2. The lowest BCUT2D eigenvalue weighted by Gasteiger charge is -2.23. The first-order valence-corrected chi connectivity index (χ1v) is 8.65. The van der Waals surface area contributed by atoms with Gasteiger partial charge in [0, 0.05) is 18.0 Å². The van der Waals surface area contributed by atoms with E-state index in [1.807, 2.05) is 0 Å². The van der Waals surface area contributed by atoms with Gasteiger partial charge in [0.15, 0.2) is 0 Å². The molecule has 1 saturated heterocycles. The Kier molecular flexibility index (Phi) is 4.02. The standard InChI is InChI=1S/C16H24N4S/c1-10(2)12-5-4-7-20(8-6-12)14-13-9-11(3)21-15(13)19-16(17)18-14/h9-10,12H,4-8H2,1-3H3,(H2,17,18,19). The van der Waals surface area contributed by atoms with E-state index in [0.29, 0.717) is 5.95 Å². The number of hydrogen-bond donors (Lipinski definition) is 1. The molecule has 0 bridgehead atoms. The van der Waals surface area contributed by atoms with Gasteiger partial charge in [0.1, 0.15) is 10.6 Å². The fourth-order valence-electron chi connectivity index (χ4n) is 3.28. The fraction of sp³-hybridized carbons (Fsp3) is 0.625. The Balaban J connectivity index is 1.93. The van der Waals surface area contributed by atoms with E-state index in [9.17, 15) is 0 Å². The fourth-order valence-corrected chi connectivity index (χ4v) is 4.17. The smallest absolute Gasteiger partial charge is 0.223 e. The van der Waals surface area contributed by atoms with Crippen molar-refractivity contribution in [1.29, 1.82) is 0 Å². The number of anilines is 2. The van der Waals surface area contributed by atoms with Crippen molar-refractivity contribution < 1.29 is 0 Å². The molecule has 0 aliphatic carbocycles. The summed E-state index contributed by atoms with van der Waals surface area (Å²) >= 11 is 1.70. The van der Waals surface area contributed by atoms with Gasteiger partial charge in [0.25, 0.3) is 0 Å². The van der Waals surface area contributed by atoms with Crippen LogP contribution in [0.4, 0.5) is 11.8 Å². The number of thiophene rings is 1. The largest absolute Gasteiger partial charge is 0.368 e. The predicted molar refractivity (Wildman–Crippen MR) is 91.0 cm³/mol. The number of nitrogens with zero attached hydrogens (tertiary/aromatic N) is 3. The average molecular weight is 304 g/mol. The molecule has 1 aliphatic heterocycles. The zero-order chi connectivity index (χ0) is 15.0. The summed E-state index contributed by atoms with van der Waals surface area (Å²) in [4.78, 5) is 13.6. The first-order chi connectivity index (χ1) is 10.0. The second-order valence-electron chi connectivity index (χ2n) is 6.40. The second-order valence-corrected chi connectivity index (χ2v) is 7.64. The molecule has 1 atom stereocenters. The van der Waals surface area contributed by atoms with Crippen molar-refractivity contribution in [2.45, 2.75) is 40.0 Å². The zero-order valence-electron chi connectivity index (χ0n) is 13.1. The van der Waals surface area contributed by atoms with Crippen LogP contribution in [0.25, 0.3) is 10.2 Å². The number of fused-ring (bicyclic) bond motifs is 1. The molecule has 1 unspecified atom stereocenters. The molecule has 3 heterocycles. The zero-order valence-corrected chi connectivity index (χ0v) is 13.9. The Labute approximate surface area is 130 Å². The van der Waals surface area contributed by atoms with Crippen molar-refractivity contribution in [2.75, 3.05) is 23.7 Å². The lowest BCUT2D eigenvalue weighted by molar-refractivity contribution is 0.351. The van der Waals surface area contributed by atoms with Crippen molar-refractivity contribution >= 4 is 33.3 Å². The summed E-state index contributed by atoms with van der Waals surface area (Å²) in [5.74, 6) is 3.02. The molecule has 0 saturated carbocycles. The van der Waals surface area contributed by atoms with Gasteiger partial charge in [0.2, 0.25) is 5.95 Å². The molecule has 0 spiro atoms. The topological polar surface area (TPSA) is 55.0 Å². The van der Waals surface area contributed by atoms with Crippen LogP contribution in [0.1, 0.15) is 38.0 Å². The maximum absolute atomic E-state index is 5.91. The second kappa shape index (κ2) is 5.79. The first kappa shape index (κ1) is 14.6. The summed E-state index contributed by atoms with van der Waals surface area (Å²) in [6.45, 7) is 8.93. The molecule has 0 amide bonds. The third kappa shape index (κ3) is 2.98. The Morgan fingerprint density at radius 2 is 2.10 bits per heavy atom. The van der Waals surface area contributed by atoms with Crippen LogP contribution in [0, 0.1) is 18.8 Å². The number of nitrogen functional groups attached to an aromatic ring is 1. The van der Waals surface area contributed by atoms with E-state index < -0.39 is 0 Å². The maximum atomic E-state index is 5.91. The van der Waals surface area contributed by atoms with Gasteiger partial charge in [-0.05, 0) is 44.1 Å². The Bertz CT molecular complexity index is 634. The molecule has 1 fully saturated rings. The van der Waals surface area contributed by atoms with E-state index in [-0.39, 0.29) is 0 Å². The molecular weight excluding hydrogens is 280 g/mol. The Hall–Kier alpha value is -1.36. The van der Waals surface area contributed by atoms with Crippen molar-refractivity contribution in [3.8, 4) is 0 Å². The number of hydrogen-bond acceptors (Lipinski definition) is 5. The van der Waals surface area contributed by atoms with E-state index >= 15 is 0 Å². The highest BCUT2D eigenvalue weighted by atomic mass is 32.1. The summed E-state index contributed by atoms with van der Waals surface area (Å²) < 4.78 is 0. The summed E-state index contributed by atoms with van der Waals surface area (Å²) in [5, 5.41) is 1.16. The SMILES string of the molecule is Cc1cc2c(N3CCCC(C(C)C)CC3)nc(N)nc2s1. The summed E-state index contributed by atoms with van der Waals surface area (Å²) in [6.07, 6.45) is 3.80. The minimum Gasteiger partial charge on any atom is -0.368 e. The van der Waals surface area contributed by atoms with Crippen LogP contribution in [-0.2, 0) is 0 Å². The summed E-state index contributed by atoms with van der Waals surface area (Å²) in [6, 6.07) is 2.19. The highest BCUT2D eigenvalue weighted by Gasteiger charge is 2.22. The van der Waals surface area contributed by atoms with E-state index in [0.717, 1.165) is 41.0 Å². The van der Waals surface area contributed by atoms with E-state index in [2.05, 4.69) is 41.7 Å². The van der Waals surface area contributed by atoms with Gasteiger partial charge in [-0.2, -0.15) is 4.98 Å². The lowest BCUT2D eigenvalue weighted by Crippen LogP contribution is -2.26. The molecule has 21 heavy (non-hydrogen) atoms. The Morgan fingerprint density at radius 3 is 2.86 bits per heavy atom. The third-order valence-corrected chi connectivity index (χ3v) is 5.47. The van der Waals surface area contributed by atoms with E-state index in [1.165, 1.54) is 24.1 Å². The van der Waals surface area contributed by atoms with Crippen LogP contribution >= 0.6 is 11.3 Å². The van der Waals surface area contributed by atoms with Crippen molar-refractivity contribution in [1.82, 2.24) is 9.97 Å². The molecule has 5 heteroatoms. The van der Waals surface area contributed by atoms with E-state index in [4.69, 9.17) is 5.73 Å². The average Bonchev–Trinajstić information content (AvgIpc) is 2.65. The predicted octanol–water partition coefficient (Wildman–Crippen LogP) is 3.84. The molecule has 2 N–H and O–H groups in total. The maximum Gasteiger partial charge on any atom is 0.223 e. The van der Waals surface area contributed by atoms with Crippen molar-refractivity contribution in [2.24, 2.45) is 11.8 Å². The number of aryl methyl sites for hydroxylation is 1. The molecule has 3 rings (SSSR count). The first-order valence-electron chi connectivity index (χ1n) is 7.83. The number of aromatic nitrogens is 2. The van der Waals surface area contributed by atoms with Gasteiger partial charge < -0.3 is 10.6 Å². The molecule has 0 radical (unpaired) electrons. The molecule has 114 valence electrons. The third-order valence-electron chi connectivity index (χ3n) is 4.53. The summed E-state index contributed by atoms with van der Waals surface area (Å²) in [5.41, 5.74) is 5.91. The van der Waals surface area contributed by atoms with Crippen LogP contribution in [-0.4, -0.2) is 23.1 Å². The van der Waals surface area contributed by atoms with Crippen molar-refractivity contribution in [3.63, 3.8) is 0 Å². The summed E-state index contributed by atoms with van der Waals surface area (Å²) in [7, 11) is 0. The quantitative estimate of drug-likeness (QED) is 0.915. The number of nitrogens with two attached hydrogens (primary N) is 1. The van der Waals surface area contributed by atoms with Gasteiger partial charge in [-0.25, -0.2) is 4.98 Å². The van der Waals surface area contributed by atoms with E-state index in [1.54, 1.807) is 11.3 Å². The van der Waals surface area contributed by atoms with Gasteiger partial charge >= 0.3 is 0 Å². The minimum atomic E-state index is 0.393. The lowest BCUT2D eigenvalue weighted by atomic mass is 9.89. The van der Waals surface area contributed by atoms with Crippen LogP contribution in [0.2, 0.25) is 0 Å². The van der Waals surface area contributed by atoms with Gasteiger partial charge in [0.05, 0.1) is 5.39 Å². The van der Waals surface area contributed by atoms with Crippen molar-refractivity contribution in [3.05, 3.63) is 10.9 Å². The highest BCUT2D eigenvalue weighted by molar-refractivity contribution is 7.18. The number of rotatable bonds is 2. The molecule has 2 aromatic heterocycles. The molecule has 1 aliphatic rings. The van der Waals surface area contributed by atoms with Crippen LogP contribution in [0.3, 0.4) is 0 Å². The molecule has 4 nitrogen and oxygen atoms in total. The van der Waals surface area contributed by atoms with Gasteiger partial charge in [-0.15, -0.1) is 11.3 Å². The molecule has 0 aromatic carbocycles. The van der Waals surface area contributed by atoms with Crippen LogP contribution < -0.4 is 10.6 Å². The van der Waals surface area contributed by atoms with Crippen LogP contribution in [0.15, 0.2) is 6.07 Å². The minimum absolute atomic E-state index is 0.393.